The van der Waals surface area contributed by atoms with Crippen LogP contribution in [0.4, 0.5) is 5.69 Å². The zero-order valence-electron chi connectivity index (χ0n) is 14.2. The first kappa shape index (κ1) is 16.8. The Morgan fingerprint density at radius 1 is 1.17 bits per heavy atom. The van der Waals surface area contributed by atoms with E-state index in [0.29, 0.717) is 5.57 Å². The second kappa shape index (κ2) is 6.10. The number of halogens is 1. The van der Waals surface area contributed by atoms with E-state index in [2.05, 4.69) is 48.1 Å². The van der Waals surface area contributed by atoms with Crippen LogP contribution in [0.1, 0.15) is 37.5 Å². The van der Waals surface area contributed by atoms with Crippen molar-refractivity contribution in [2.24, 2.45) is 0 Å². The van der Waals surface area contributed by atoms with Gasteiger partial charge in [0.25, 0.3) is 5.91 Å². The van der Waals surface area contributed by atoms with Crippen molar-refractivity contribution in [2.45, 2.75) is 26.2 Å². The van der Waals surface area contributed by atoms with Gasteiger partial charge in [-0.3, -0.25) is 4.79 Å². The van der Waals surface area contributed by atoms with Gasteiger partial charge in [0.1, 0.15) is 5.75 Å². The molecule has 2 aromatic carbocycles. The molecule has 0 unspecified atom stereocenters. The Bertz CT molecular complexity index is 847. The summed E-state index contributed by atoms with van der Waals surface area (Å²) in [5.74, 6) is 0.765. The molecule has 3 nitrogen and oxygen atoms in total. The average Bonchev–Trinajstić information content (AvgIpc) is 2.82. The largest absolute Gasteiger partial charge is 0.495 e. The van der Waals surface area contributed by atoms with Crippen molar-refractivity contribution in [3.63, 3.8) is 0 Å². The molecule has 0 bridgehead atoms. The quantitative estimate of drug-likeness (QED) is 0.717. The number of carbonyl (C=O) groups is 1. The minimum absolute atomic E-state index is 0.0690. The third-order valence-electron chi connectivity index (χ3n) is 4.10. The molecular formula is C20H20BrNO2. The number of anilines is 1. The average molecular weight is 386 g/mol. The van der Waals surface area contributed by atoms with Crippen molar-refractivity contribution in [1.29, 1.82) is 0 Å². The van der Waals surface area contributed by atoms with Crippen molar-refractivity contribution in [2.75, 3.05) is 12.4 Å². The van der Waals surface area contributed by atoms with Gasteiger partial charge in [0.15, 0.2) is 0 Å². The number of carbonyl (C=O) groups excluding carboxylic acids is 1. The van der Waals surface area contributed by atoms with Crippen LogP contribution in [0.3, 0.4) is 0 Å². The summed E-state index contributed by atoms with van der Waals surface area (Å²) in [5.41, 5.74) is 4.47. The molecule has 1 aliphatic rings. The summed E-state index contributed by atoms with van der Waals surface area (Å²) >= 11 is 3.59. The monoisotopic (exact) mass is 385 g/mol. The Hall–Kier alpha value is -2.07. The number of fused-ring (bicyclic) bond motifs is 1. The smallest absolute Gasteiger partial charge is 0.256 e. The van der Waals surface area contributed by atoms with Crippen LogP contribution in [0.2, 0.25) is 0 Å². The number of hydrogen-bond donors (Lipinski definition) is 1. The molecule has 1 amide bonds. The van der Waals surface area contributed by atoms with Gasteiger partial charge in [-0.2, -0.15) is 0 Å². The molecule has 0 atom stereocenters. The lowest BCUT2D eigenvalue weighted by Crippen LogP contribution is -2.13. The first-order chi connectivity index (χ1) is 11.3. The molecule has 0 fully saturated rings. The molecule has 0 saturated carbocycles. The van der Waals surface area contributed by atoms with Gasteiger partial charge in [0.2, 0.25) is 0 Å². The lowest BCUT2D eigenvalue weighted by atomic mass is 9.85. The molecule has 24 heavy (non-hydrogen) atoms. The van der Waals surface area contributed by atoms with E-state index < -0.39 is 0 Å². The molecule has 1 heterocycles. The summed E-state index contributed by atoms with van der Waals surface area (Å²) in [4.78, 5) is 12.3. The summed E-state index contributed by atoms with van der Waals surface area (Å²) in [6, 6.07) is 11.8. The molecule has 4 heteroatoms. The molecule has 1 N–H and O–H groups in total. The summed E-state index contributed by atoms with van der Waals surface area (Å²) in [7, 11) is 1.67. The first-order valence-electron chi connectivity index (χ1n) is 7.81. The lowest BCUT2D eigenvalue weighted by molar-refractivity contribution is -0.110. The van der Waals surface area contributed by atoms with Gasteiger partial charge in [-0.05, 0) is 51.2 Å². The molecule has 0 aliphatic carbocycles. The van der Waals surface area contributed by atoms with E-state index in [1.54, 1.807) is 7.11 Å². The number of para-hydroxylation sites is 1. The summed E-state index contributed by atoms with van der Waals surface area (Å²) in [6.45, 7) is 6.43. The highest BCUT2D eigenvalue weighted by Crippen LogP contribution is 2.39. The molecule has 0 saturated heterocycles. The minimum atomic E-state index is -0.0712. The van der Waals surface area contributed by atoms with Crippen LogP contribution in [0.15, 0.2) is 40.9 Å². The molecule has 1 aliphatic heterocycles. The van der Waals surface area contributed by atoms with E-state index in [1.807, 2.05) is 36.4 Å². The predicted octanol–water partition coefficient (Wildman–Crippen LogP) is 5.25. The standard InChI is InChI=1S/C20H20BrNO2/c1-20(2,3)15-10-12(11-16(21)18(15)24-4)9-14-13-7-5-6-8-17(13)22-19(14)23/h5-11H,1-4H3,(H,22,23). The van der Waals surface area contributed by atoms with Gasteiger partial charge in [0, 0.05) is 22.4 Å². The highest BCUT2D eigenvalue weighted by atomic mass is 79.9. The number of nitrogens with one attached hydrogen (secondary N) is 1. The Labute approximate surface area is 150 Å². The topological polar surface area (TPSA) is 38.3 Å². The van der Waals surface area contributed by atoms with E-state index in [4.69, 9.17) is 4.74 Å². The van der Waals surface area contributed by atoms with Crippen LogP contribution in [-0.4, -0.2) is 13.0 Å². The van der Waals surface area contributed by atoms with Crippen LogP contribution in [0.5, 0.6) is 5.75 Å². The van der Waals surface area contributed by atoms with Crippen molar-refractivity contribution in [1.82, 2.24) is 0 Å². The van der Waals surface area contributed by atoms with E-state index in [9.17, 15) is 4.79 Å². The van der Waals surface area contributed by atoms with Gasteiger partial charge in [-0.25, -0.2) is 0 Å². The second-order valence-electron chi connectivity index (χ2n) is 6.89. The van der Waals surface area contributed by atoms with Crippen molar-refractivity contribution >= 4 is 39.2 Å². The van der Waals surface area contributed by atoms with Crippen molar-refractivity contribution in [3.05, 3.63) is 57.6 Å². The molecule has 0 spiro atoms. The van der Waals surface area contributed by atoms with Crippen LogP contribution in [-0.2, 0) is 10.2 Å². The summed E-state index contributed by atoms with van der Waals surface area (Å²) in [5, 5.41) is 2.91. The normalized spacial score (nSPS) is 15.4. The van der Waals surface area contributed by atoms with Crippen LogP contribution < -0.4 is 10.1 Å². The fourth-order valence-corrected chi connectivity index (χ4v) is 3.55. The number of ether oxygens (including phenoxy) is 1. The fraction of sp³-hybridized carbons (Fsp3) is 0.250. The number of methoxy groups -OCH3 is 1. The van der Waals surface area contributed by atoms with Crippen LogP contribution in [0.25, 0.3) is 11.6 Å². The maximum Gasteiger partial charge on any atom is 0.256 e. The highest BCUT2D eigenvalue weighted by molar-refractivity contribution is 9.10. The zero-order chi connectivity index (χ0) is 17.5. The van der Waals surface area contributed by atoms with Crippen molar-refractivity contribution in [3.8, 4) is 5.75 Å². The first-order valence-corrected chi connectivity index (χ1v) is 8.61. The third-order valence-corrected chi connectivity index (χ3v) is 4.69. The van der Waals surface area contributed by atoms with Gasteiger partial charge in [-0.15, -0.1) is 0 Å². The maximum absolute atomic E-state index is 12.3. The minimum Gasteiger partial charge on any atom is -0.495 e. The number of rotatable bonds is 2. The molecule has 124 valence electrons. The SMILES string of the molecule is COc1c(Br)cc(C=C2C(=O)Nc3ccccc32)cc1C(C)(C)C. The molecule has 2 aromatic rings. The number of hydrogen-bond acceptors (Lipinski definition) is 2. The molecule has 0 aromatic heterocycles. The highest BCUT2D eigenvalue weighted by Gasteiger charge is 2.25. The molecule has 0 radical (unpaired) electrons. The number of amides is 1. The lowest BCUT2D eigenvalue weighted by Gasteiger charge is -2.23. The summed E-state index contributed by atoms with van der Waals surface area (Å²) in [6.07, 6.45) is 1.93. The van der Waals surface area contributed by atoms with Gasteiger partial charge in [0.05, 0.1) is 11.6 Å². The van der Waals surface area contributed by atoms with E-state index in [-0.39, 0.29) is 11.3 Å². The Morgan fingerprint density at radius 3 is 2.54 bits per heavy atom. The number of benzene rings is 2. The second-order valence-corrected chi connectivity index (χ2v) is 7.75. The van der Waals surface area contributed by atoms with E-state index in [0.717, 1.165) is 32.6 Å². The molecular weight excluding hydrogens is 366 g/mol. The summed E-state index contributed by atoms with van der Waals surface area (Å²) < 4.78 is 6.44. The van der Waals surface area contributed by atoms with Crippen LogP contribution >= 0.6 is 15.9 Å². The predicted molar refractivity (Wildman–Crippen MR) is 102 cm³/mol. The third kappa shape index (κ3) is 2.98. The van der Waals surface area contributed by atoms with Crippen molar-refractivity contribution < 1.29 is 9.53 Å². The Morgan fingerprint density at radius 2 is 1.88 bits per heavy atom. The van der Waals surface area contributed by atoms with Crippen LogP contribution in [0, 0.1) is 0 Å². The Kier molecular flexibility index (Phi) is 4.26. The van der Waals surface area contributed by atoms with E-state index in [1.165, 1.54) is 0 Å². The van der Waals surface area contributed by atoms with E-state index >= 15 is 0 Å². The van der Waals surface area contributed by atoms with Gasteiger partial charge in [-0.1, -0.05) is 39.0 Å². The Balaban J connectivity index is 2.15. The zero-order valence-corrected chi connectivity index (χ0v) is 15.8. The maximum atomic E-state index is 12.3. The fourth-order valence-electron chi connectivity index (χ4n) is 2.91. The van der Waals surface area contributed by atoms with Gasteiger partial charge < -0.3 is 10.1 Å². The van der Waals surface area contributed by atoms with Gasteiger partial charge >= 0.3 is 0 Å². The molecule has 3 rings (SSSR count).